The lowest BCUT2D eigenvalue weighted by Crippen LogP contribution is -2.23. The minimum Gasteiger partial charge on any atom is -0.489 e. The monoisotopic (exact) mass is 442 g/mol. The number of benzene rings is 3. The maximum Gasteiger partial charge on any atom is 0.289 e. The molecule has 1 aromatic heterocycles. The van der Waals surface area contributed by atoms with E-state index in [0.29, 0.717) is 13.2 Å². The molecule has 1 amide bonds. The first-order chi connectivity index (χ1) is 15.6. The summed E-state index contributed by atoms with van der Waals surface area (Å²) in [4.78, 5) is 25.9. The number of aromatic nitrogens is 1. The SMILES string of the molecule is CN1C(=O)SC(=O)C1c1cccc2c1ccn2Cc1ccc(OCc2ccccc2)cc1. The minimum atomic E-state index is -0.534. The van der Waals surface area contributed by atoms with Crippen molar-refractivity contribution in [2.75, 3.05) is 7.05 Å². The Morgan fingerprint density at radius 2 is 1.66 bits per heavy atom. The Morgan fingerprint density at radius 1 is 0.875 bits per heavy atom. The molecule has 5 nitrogen and oxygen atoms in total. The van der Waals surface area contributed by atoms with Crippen LogP contribution in [-0.4, -0.2) is 26.9 Å². The van der Waals surface area contributed by atoms with Crippen molar-refractivity contribution in [2.45, 2.75) is 19.2 Å². The van der Waals surface area contributed by atoms with Crippen molar-refractivity contribution in [1.82, 2.24) is 9.47 Å². The second-order valence-corrected chi connectivity index (χ2v) is 8.80. The molecule has 0 bridgehead atoms. The van der Waals surface area contributed by atoms with E-state index in [-0.39, 0.29) is 10.4 Å². The largest absolute Gasteiger partial charge is 0.489 e. The number of thioether (sulfide) groups is 1. The molecule has 1 unspecified atom stereocenters. The number of likely N-dealkylation sites (N-methyl/N-ethyl adjacent to an activating group) is 1. The maximum absolute atomic E-state index is 12.4. The summed E-state index contributed by atoms with van der Waals surface area (Å²) in [6, 6.07) is 25.6. The summed E-state index contributed by atoms with van der Waals surface area (Å²) in [5.41, 5.74) is 4.20. The van der Waals surface area contributed by atoms with E-state index in [2.05, 4.69) is 16.7 Å². The number of amides is 1. The van der Waals surface area contributed by atoms with Crippen LogP contribution in [0.5, 0.6) is 5.75 Å². The van der Waals surface area contributed by atoms with E-state index in [9.17, 15) is 9.59 Å². The normalized spacial score (nSPS) is 16.2. The Kier molecular flexibility index (Phi) is 5.45. The maximum atomic E-state index is 12.4. The number of fused-ring (bicyclic) bond motifs is 1. The second kappa shape index (κ2) is 8.55. The fourth-order valence-electron chi connectivity index (χ4n) is 4.07. The van der Waals surface area contributed by atoms with Crippen LogP contribution in [0.2, 0.25) is 0 Å². The number of nitrogens with zero attached hydrogens (tertiary/aromatic N) is 2. The molecule has 4 aromatic rings. The third-order valence-electron chi connectivity index (χ3n) is 5.75. The molecule has 1 aliphatic rings. The predicted molar refractivity (Wildman–Crippen MR) is 127 cm³/mol. The van der Waals surface area contributed by atoms with Gasteiger partial charge in [-0.1, -0.05) is 54.6 Å². The van der Waals surface area contributed by atoms with E-state index in [1.807, 2.05) is 72.9 Å². The molecule has 1 saturated heterocycles. The number of hydrogen-bond donors (Lipinski definition) is 0. The van der Waals surface area contributed by atoms with Crippen molar-refractivity contribution in [3.63, 3.8) is 0 Å². The van der Waals surface area contributed by atoms with Gasteiger partial charge in [0.05, 0.1) is 0 Å². The number of ether oxygens (including phenoxy) is 1. The predicted octanol–water partition coefficient (Wildman–Crippen LogP) is 5.63. The van der Waals surface area contributed by atoms with E-state index >= 15 is 0 Å². The van der Waals surface area contributed by atoms with Crippen molar-refractivity contribution in [3.8, 4) is 5.75 Å². The van der Waals surface area contributed by atoms with Gasteiger partial charge in [0.25, 0.3) is 5.24 Å². The number of rotatable bonds is 6. The molecule has 0 N–H and O–H groups in total. The zero-order chi connectivity index (χ0) is 22.1. The van der Waals surface area contributed by atoms with Crippen LogP contribution in [0.1, 0.15) is 22.7 Å². The van der Waals surface area contributed by atoms with Gasteiger partial charge in [-0.2, -0.15) is 0 Å². The first-order valence-corrected chi connectivity index (χ1v) is 11.2. The van der Waals surface area contributed by atoms with Gasteiger partial charge in [-0.15, -0.1) is 0 Å². The van der Waals surface area contributed by atoms with Crippen LogP contribution in [-0.2, 0) is 17.9 Å². The summed E-state index contributed by atoms with van der Waals surface area (Å²) in [6.45, 7) is 1.24. The van der Waals surface area contributed by atoms with Crippen LogP contribution in [0.15, 0.2) is 85.1 Å². The molecule has 160 valence electrons. The lowest BCUT2D eigenvalue weighted by atomic mass is 10.0. The Bertz CT molecular complexity index is 1280. The highest BCUT2D eigenvalue weighted by Crippen LogP contribution is 2.38. The summed E-state index contributed by atoms with van der Waals surface area (Å²) in [5, 5.41) is 0.672. The fraction of sp³-hybridized carbons (Fsp3) is 0.154. The van der Waals surface area contributed by atoms with Gasteiger partial charge in [-0.25, -0.2) is 0 Å². The molecule has 5 rings (SSSR count). The van der Waals surface area contributed by atoms with Gasteiger partial charge in [0.15, 0.2) is 0 Å². The molecule has 0 aliphatic carbocycles. The third-order valence-corrected chi connectivity index (χ3v) is 6.64. The summed E-state index contributed by atoms with van der Waals surface area (Å²) < 4.78 is 8.04. The molecule has 0 radical (unpaired) electrons. The van der Waals surface area contributed by atoms with E-state index < -0.39 is 6.04 Å². The molecule has 1 fully saturated rings. The molecule has 32 heavy (non-hydrogen) atoms. The topological polar surface area (TPSA) is 51.5 Å². The fourth-order valence-corrected chi connectivity index (χ4v) is 4.88. The van der Waals surface area contributed by atoms with Gasteiger partial charge >= 0.3 is 0 Å². The number of hydrogen-bond acceptors (Lipinski definition) is 4. The summed E-state index contributed by atoms with van der Waals surface area (Å²) in [7, 11) is 1.68. The molecular formula is C26H22N2O3S. The van der Waals surface area contributed by atoms with E-state index in [1.54, 1.807) is 7.05 Å². The third kappa shape index (κ3) is 3.89. The van der Waals surface area contributed by atoms with Gasteiger partial charge < -0.3 is 14.2 Å². The van der Waals surface area contributed by atoms with Crippen LogP contribution in [0.3, 0.4) is 0 Å². The Balaban J connectivity index is 1.34. The molecule has 1 atom stereocenters. The van der Waals surface area contributed by atoms with Crippen LogP contribution < -0.4 is 4.74 Å². The van der Waals surface area contributed by atoms with Crippen LogP contribution in [0.4, 0.5) is 4.79 Å². The van der Waals surface area contributed by atoms with Gasteiger partial charge in [0.2, 0.25) is 5.12 Å². The molecule has 1 aliphatic heterocycles. The minimum absolute atomic E-state index is 0.121. The zero-order valence-corrected chi connectivity index (χ0v) is 18.4. The highest BCUT2D eigenvalue weighted by atomic mass is 32.2. The smallest absolute Gasteiger partial charge is 0.289 e. The van der Waals surface area contributed by atoms with Crippen molar-refractivity contribution in [3.05, 3.63) is 102 Å². The van der Waals surface area contributed by atoms with Gasteiger partial charge in [-0.05, 0) is 41.0 Å². The van der Waals surface area contributed by atoms with Crippen LogP contribution in [0, 0.1) is 0 Å². The average Bonchev–Trinajstić information content (AvgIpc) is 3.33. The van der Waals surface area contributed by atoms with Gasteiger partial charge in [0.1, 0.15) is 18.4 Å². The Labute approximate surface area is 190 Å². The van der Waals surface area contributed by atoms with Crippen molar-refractivity contribution < 1.29 is 14.3 Å². The number of carbonyl (C=O) groups is 2. The van der Waals surface area contributed by atoms with Crippen molar-refractivity contribution in [1.29, 1.82) is 0 Å². The Hall–Kier alpha value is -3.51. The number of carbonyl (C=O) groups excluding carboxylic acids is 2. The highest BCUT2D eigenvalue weighted by molar-refractivity contribution is 8.26. The quantitative estimate of drug-likeness (QED) is 0.388. The highest BCUT2D eigenvalue weighted by Gasteiger charge is 2.39. The van der Waals surface area contributed by atoms with Gasteiger partial charge in [-0.3, -0.25) is 9.59 Å². The Morgan fingerprint density at radius 3 is 2.38 bits per heavy atom. The molecule has 3 aromatic carbocycles. The standard InChI is InChI=1S/C26H22N2O3S/c1-27-24(25(29)32-26(27)30)22-8-5-9-23-21(22)14-15-28(23)16-18-10-12-20(13-11-18)31-17-19-6-3-2-4-7-19/h2-15,24H,16-17H2,1H3. The van der Waals surface area contributed by atoms with Gasteiger partial charge in [0, 0.05) is 42.5 Å². The lowest BCUT2D eigenvalue weighted by Gasteiger charge is -2.18. The molecular weight excluding hydrogens is 420 g/mol. The molecule has 6 heteroatoms. The van der Waals surface area contributed by atoms with E-state index in [1.165, 1.54) is 4.90 Å². The molecule has 0 spiro atoms. The lowest BCUT2D eigenvalue weighted by molar-refractivity contribution is -0.113. The first kappa shape index (κ1) is 20.4. The van der Waals surface area contributed by atoms with E-state index in [0.717, 1.165) is 45.1 Å². The van der Waals surface area contributed by atoms with E-state index in [4.69, 9.17) is 4.74 Å². The molecule has 2 heterocycles. The second-order valence-electron chi connectivity index (χ2n) is 7.84. The zero-order valence-electron chi connectivity index (χ0n) is 17.6. The molecule has 0 saturated carbocycles. The summed E-state index contributed by atoms with van der Waals surface area (Å²) in [6.07, 6.45) is 2.03. The van der Waals surface area contributed by atoms with Crippen LogP contribution in [0.25, 0.3) is 10.9 Å². The van der Waals surface area contributed by atoms with Crippen LogP contribution >= 0.6 is 11.8 Å². The first-order valence-electron chi connectivity index (χ1n) is 10.4. The summed E-state index contributed by atoms with van der Waals surface area (Å²) in [5.74, 6) is 0.835. The summed E-state index contributed by atoms with van der Waals surface area (Å²) >= 11 is 0.783. The van der Waals surface area contributed by atoms with Crippen molar-refractivity contribution >= 4 is 33.0 Å². The van der Waals surface area contributed by atoms with Crippen molar-refractivity contribution in [2.24, 2.45) is 0 Å². The average molecular weight is 443 g/mol.